The minimum Gasteiger partial charge on any atom is -0.497 e. The molecule has 36 heavy (non-hydrogen) atoms. The number of hydrogen-bond acceptors (Lipinski definition) is 7. The molecule has 2 N–H and O–H groups in total. The maximum atomic E-state index is 15.7. The predicted molar refractivity (Wildman–Crippen MR) is 139 cm³/mol. The van der Waals surface area contributed by atoms with Gasteiger partial charge in [-0.05, 0) is 69.1 Å². The van der Waals surface area contributed by atoms with Gasteiger partial charge < -0.3 is 9.64 Å². The fraction of sp³-hybridized carbons (Fsp3) is 0.423. The third-order valence-corrected chi connectivity index (χ3v) is 8.17. The molecule has 1 aliphatic heterocycles. The number of nitrogens with one attached hydrogen (secondary N) is 1. The highest BCUT2D eigenvalue weighted by atomic mass is 35.5. The quantitative estimate of drug-likeness (QED) is 0.203. The zero-order valence-electron chi connectivity index (χ0n) is 20.1. The molecule has 0 radical (unpaired) electrons. The van der Waals surface area contributed by atoms with Crippen LogP contribution in [0.1, 0.15) is 37.4 Å². The van der Waals surface area contributed by atoms with Crippen LogP contribution in [0.3, 0.4) is 0 Å². The summed E-state index contributed by atoms with van der Waals surface area (Å²) in [7, 11) is 1.55. The number of ether oxygens (including phenoxy) is 1. The second-order valence-electron chi connectivity index (χ2n) is 8.99. The number of hydroxylamine groups is 1. The molecule has 4 rings (SSSR count). The third-order valence-electron chi connectivity index (χ3n) is 6.95. The van der Waals surface area contributed by atoms with E-state index < -0.39 is 17.5 Å². The van der Waals surface area contributed by atoms with Gasteiger partial charge in [-0.15, -0.1) is 11.8 Å². The molecule has 1 fully saturated rings. The lowest BCUT2D eigenvalue weighted by Crippen LogP contribution is -2.48. The highest BCUT2D eigenvalue weighted by Gasteiger charge is 2.41. The molecule has 3 aromatic rings. The molecule has 1 aromatic carbocycles. The molecule has 1 unspecified atom stereocenters. The standard InChI is InChI=1S/C26H30ClFN4O3S/c1-35-18-5-6-22-19(16-18)24(20(27)17-30-22)21(28)7-8-26(25(33)31-34)9-12-32(13-10-26)14-15-36-23-4-2-3-11-29-23/h2-6,11,16-17,21,34H,7-10,12-15H2,1H3,(H,31,33). The maximum Gasteiger partial charge on any atom is 0.249 e. The van der Waals surface area contributed by atoms with Crippen molar-refractivity contribution in [2.45, 2.75) is 36.9 Å². The molecule has 0 bridgehead atoms. The van der Waals surface area contributed by atoms with Crippen molar-refractivity contribution in [3.8, 4) is 5.75 Å². The van der Waals surface area contributed by atoms with Gasteiger partial charge in [0, 0.05) is 35.6 Å². The number of hydrogen-bond donors (Lipinski definition) is 2. The van der Waals surface area contributed by atoms with Crippen molar-refractivity contribution < 1.29 is 19.1 Å². The largest absolute Gasteiger partial charge is 0.497 e. The van der Waals surface area contributed by atoms with Crippen molar-refractivity contribution in [1.82, 2.24) is 20.3 Å². The Morgan fingerprint density at radius 2 is 2.11 bits per heavy atom. The molecular weight excluding hydrogens is 503 g/mol. The van der Waals surface area contributed by atoms with Crippen LogP contribution in [0, 0.1) is 5.41 Å². The molecular formula is C26H30ClFN4O3S. The fourth-order valence-corrected chi connectivity index (χ4v) is 5.92. The van der Waals surface area contributed by atoms with Gasteiger partial charge >= 0.3 is 0 Å². The van der Waals surface area contributed by atoms with E-state index in [0.29, 0.717) is 54.6 Å². The highest BCUT2D eigenvalue weighted by molar-refractivity contribution is 7.99. The van der Waals surface area contributed by atoms with E-state index in [4.69, 9.17) is 16.3 Å². The Balaban J connectivity index is 1.40. The van der Waals surface area contributed by atoms with Gasteiger partial charge in [-0.2, -0.15) is 0 Å². The molecule has 3 heterocycles. The summed E-state index contributed by atoms with van der Waals surface area (Å²) in [4.78, 5) is 23.7. The average Bonchev–Trinajstić information content (AvgIpc) is 2.92. The number of pyridine rings is 2. The second-order valence-corrected chi connectivity index (χ2v) is 10.5. The lowest BCUT2D eigenvalue weighted by atomic mass is 9.73. The monoisotopic (exact) mass is 532 g/mol. The molecule has 0 spiro atoms. The van der Waals surface area contributed by atoms with Crippen LogP contribution in [0.25, 0.3) is 10.9 Å². The molecule has 0 saturated carbocycles. The van der Waals surface area contributed by atoms with Gasteiger partial charge in [-0.1, -0.05) is 17.7 Å². The van der Waals surface area contributed by atoms with Crippen LogP contribution in [0.4, 0.5) is 4.39 Å². The van der Waals surface area contributed by atoms with Crippen molar-refractivity contribution in [3.05, 3.63) is 59.4 Å². The summed E-state index contributed by atoms with van der Waals surface area (Å²) in [5.41, 5.74) is 1.97. The van der Waals surface area contributed by atoms with E-state index in [1.807, 2.05) is 23.7 Å². The summed E-state index contributed by atoms with van der Waals surface area (Å²) in [5.74, 6) is 1.02. The van der Waals surface area contributed by atoms with Crippen LogP contribution < -0.4 is 10.2 Å². The number of carbonyl (C=O) groups excluding carboxylic acids is 1. The Morgan fingerprint density at radius 1 is 1.31 bits per heavy atom. The number of fused-ring (bicyclic) bond motifs is 1. The minimum atomic E-state index is -1.40. The molecule has 1 atom stereocenters. The number of alkyl halides is 1. The van der Waals surface area contributed by atoms with Crippen LogP contribution in [0.15, 0.2) is 53.8 Å². The number of benzene rings is 1. The summed E-state index contributed by atoms with van der Waals surface area (Å²) >= 11 is 8.07. The van der Waals surface area contributed by atoms with E-state index in [0.717, 1.165) is 17.3 Å². The Kier molecular flexibility index (Phi) is 9.00. The van der Waals surface area contributed by atoms with E-state index in [9.17, 15) is 10.0 Å². The maximum absolute atomic E-state index is 15.7. The highest BCUT2D eigenvalue weighted by Crippen LogP contribution is 2.42. The number of piperidine rings is 1. The van der Waals surface area contributed by atoms with Gasteiger partial charge in [0.25, 0.3) is 0 Å². The van der Waals surface area contributed by atoms with Gasteiger partial charge in [-0.3, -0.25) is 15.0 Å². The summed E-state index contributed by atoms with van der Waals surface area (Å²) < 4.78 is 21.0. The zero-order valence-corrected chi connectivity index (χ0v) is 21.7. The normalized spacial score (nSPS) is 16.6. The molecule has 1 aliphatic rings. The summed E-state index contributed by atoms with van der Waals surface area (Å²) in [6, 6.07) is 11.1. The summed E-state index contributed by atoms with van der Waals surface area (Å²) in [6.45, 7) is 2.26. The fourth-order valence-electron chi connectivity index (χ4n) is 4.79. The van der Waals surface area contributed by atoms with E-state index in [-0.39, 0.29) is 11.4 Å². The van der Waals surface area contributed by atoms with Crippen molar-refractivity contribution in [2.24, 2.45) is 5.41 Å². The second kappa shape index (κ2) is 12.2. The Hall–Kier alpha value is -2.46. The van der Waals surface area contributed by atoms with Crippen molar-refractivity contribution in [2.75, 3.05) is 32.5 Å². The third kappa shape index (κ3) is 6.08. The smallest absolute Gasteiger partial charge is 0.249 e. The first kappa shape index (κ1) is 26.6. The average molecular weight is 533 g/mol. The van der Waals surface area contributed by atoms with Crippen LogP contribution in [0.2, 0.25) is 5.02 Å². The number of aromatic nitrogens is 2. The zero-order chi connectivity index (χ0) is 25.5. The van der Waals surface area contributed by atoms with E-state index >= 15 is 4.39 Å². The number of likely N-dealkylation sites (tertiary alicyclic amines) is 1. The van der Waals surface area contributed by atoms with Crippen molar-refractivity contribution >= 4 is 40.2 Å². The first-order valence-electron chi connectivity index (χ1n) is 11.9. The topological polar surface area (TPSA) is 87.6 Å². The molecule has 0 aliphatic carbocycles. The number of thioether (sulfide) groups is 1. The van der Waals surface area contributed by atoms with Crippen molar-refractivity contribution in [3.63, 3.8) is 0 Å². The van der Waals surface area contributed by atoms with E-state index in [1.165, 1.54) is 6.20 Å². The molecule has 7 nitrogen and oxygen atoms in total. The Morgan fingerprint density at radius 3 is 2.81 bits per heavy atom. The molecule has 1 saturated heterocycles. The van der Waals surface area contributed by atoms with E-state index in [1.54, 1.807) is 43.3 Å². The number of halogens is 2. The van der Waals surface area contributed by atoms with Gasteiger partial charge in [-0.25, -0.2) is 14.9 Å². The van der Waals surface area contributed by atoms with Crippen LogP contribution in [-0.4, -0.2) is 58.5 Å². The first-order valence-corrected chi connectivity index (χ1v) is 13.3. The Labute approximate surface area is 219 Å². The van der Waals surface area contributed by atoms with Crippen LogP contribution in [0.5, 0.6) is 5.75 Å². The van der Waals surface area contributed by atoms with Gasteiger partial charge in [0.15, 0.2) is 0 Å². The predicted octanol–water partition coefficient (Wildman–Crippen LogP) is 5.46. The number of methoxy groups -OCH3 is 1. The molecule has 10 heteroatoms. The lowest BCUT2D eigenvalue weighted by Gasteiger charge is -2.40. The SMILES string of the molecule is COc1ccc2ncc(Cl)c(C(F)CCC3(C(=O)NO)CCN(CCSc4ccccn4)CC3)c2c1. The van der Waals surface area contributed by atoms with Crippen molar-refractivity contribution in [1.29, 1.82) is 0 Å². The molecule has 192 valence electrons. The summed E-state index contributed by atoms with van der Waals surface area (Å²) in [6.07, 6.45) is 3.31. The molecule has 1 amide bonds. The summed E-state index contributed by atoms with van der Waals surface area (Å²) in [5, 5.41) is 11.3. The number of rotatable bonds is 10. The van der Waals surface area contributed by atoms with Crippen LogP contribution in [-0.2, 0) is 4.79 Å². The number of carbonyl (C=O) groups is 1. The number of nitrogens with zero attached hydrogens (tertiary/aromatic N) is 3. The molecule has 2 aromatic heterocycles. The van der Waals surface area contributed by atoms with Gasteiger partial charge in [0.2, 0.25) is 5.91 Å². The minimum absolute atomic E-state index is 0.0962. The van der Waals surface area contributed by atoms with E-state index in [2.05, 4.69) is 14.9 Å². The lowest BCUT2D eigenvalue weighted by molar-refractivity contribution is -0.143. The first-order chi connectivity index (χ1) is 17.5. The van der Waals surface area contributed by atoms with Gasteiger partial charge in [0.1, 0.15) is 11.9 Å². The Bertz CT molecular complexity index is 1180. The van der Waals surface area contributed by atoms with Crippen LogP contribution >= 0.6 is 23.4 Å². The number of amides is 1. The van der Waals surface area contributed by atoms with Gasteiger partial charge in [0.05, 0.1) is 28.1 Å².